The van der Waals surface area contributed by atoms with Crippen molar-refractivity contribution in [1.82, 2.24) is 14.8 Å². The minimum atomic E-state index is -1.32. The van der Waals surface area contributed by atoms with Gasteiger partial charge in [0, 0.05) is 42.9 Å². The second kappa shape index (κ2) is 18.1. The minimum Gasteiger partial charge on any atom is -0.493 e. The van der Waals surface area contributed by atoms with Gasteiger partial charge >= 0.3 is 6.09 Å². The Balaban J connectivity index is 0.971. The zero-order valence-corrected chi connectivity index (χ0v) is 33.9. The number of aliphatic hydroxyl groups excluding tert-OH is 1. The number of carbonyl (C=O) groups is 3. The van der Waals surface area contributed by atoms with Crippen LogP contribution in [0, 0.1) is 0 Å². The maximum Gasteiger partial charge on any atom is 0.416 e. The van der Waals surface area contributed by atoms with Crippen molar-refractivity contribution in [2.45, 2.75) is 74.0 Å². The van der Waals surface area contributed by atoms with Gasteiger partial charge in [-0.2, -0.15) is 0 Å². The van der Waals surface area contributed by atoms with Crippen molar-refractivity contribution in [3.05, 3.63) is 71.9 Å². The number of methoxy groups -OCH3 is 2. The quantitative estimate of drug-likeness (QED) is 0.0963. The van der Waals surface area contributed by atoms with E-state index < -0.39 is 18.4 Å². The number of anilines is 1. The van der Waals surface area contributed by atoms with E-state index >= 15 is 0 Å². The number of amides is 3. The van der Waals surface area contributed by atoms with Gasteiger partial charge in [-0.1, -0.05) is 29.0 Å². The normalized spacial score (nSPS) is 20.2. The van der Waals surface area contributed by atoms with Gasteiger partial charge in [0.1, 0.15) is 11.6 Å². The number of benzene rings is 2. The van der Waals surface area contributed by atoms with Crippen molar-refractivity contribution in [1.29, 1.82) is 0 Å². The Kier molecular flexibility index (Phi) is 12.8. The maximum atomic E-state index is 13.8. The summed E-state index contributed by atoms with van der Waals surface area (Å²) in [6.07, 6.45) is 5.55. The van der Waals surface area contributed by atoms with Gasteiger partial charge in [0.2, 0.25) is 0 Å². The fraction of sp³-hybridized carbons (Fsp3) is 0.439. The van der Waals surface area contributed by atoms with Crippen LogP contribution in [0.5, 0.6) is 23.0 Å². The highest BCUT2D eigenvalue weighted by Gasteiger charge is 2.45. The highest BCUT2D eigenvalue weighted by Crippen LogP contribution is 2.42. The minimum absolute atomic E-state index is 0.0796. The fourth-order valence-electron chi connectivity index (χ4n) is 7.39. The summed E-state index contributed by atoms with van der Waals surface area (Å²) in [5.74, 6) is 1.24. The summed E-state index contributed by atoms with van der Waals surface area (Å²) in [6, 6.07) is 11.6. The molecule has 1 aromatic heterocycles. The van der Waals surface area contributed by atoms with Crippen LogP contribution in [0.25, 0.3) is 0 Å². The van der Waals surface area contributed by atoms with Crippen molar-refractivity contribution in [2.75, 3.05) is 52.0 Å². The van der Waals surface area contributed by atoms with E-state index in [0.717, 1.165) is 17.0 Å². The average molecular weight is 818 g/mol. The monoisotopic (exact) mass is 817 g/mol. The van der Waals surface area contributed by atoms with Gasteiger partial charge in [0.15, 0.2) is 29.2 Å². The number of rotatable bonds is 15. The summed E-state index contributed by atoms with van der Waals surface area (Å²) in [4.78, 5) is 54.4. The lowest BCUT2D eigenvalue weighted by Gasteiger charge is -2.32. The number of hydrogen-bond acceptors (Lipinski definition) is 13. The molecule has 302 valence electrons. The van der Waals surface area contributed by atoms with Gasteiger partial charge in [-0.15, -0.1) is 0 Å². The topological polar surface area (TPSA) is 153 Å². The number of aliphatic imine (C=N–C) groups is 1. The molecule has 2 saturated heterocycles. The summed E-state index contributed by atoms with van der Waals surface area (Å²) in [5.41, 5.74) is 2.44. The third-order valence-electron chi connectivity index (χ3n) is 10.3. The molecule has 1 N–H and O–H groups in total. The molecule has 0 radical (unpaired) electrons. The third-order valence-corrected chi connectivity index (χ3v) is 13.0. The lowest BCUT2D eigenvalue weighted by atomic mass is 10.1. The van der Waals surface area contributed by atoms with Gasteiger partial charge in [-0.05, 0) is 80.5 Å². The van der Waals surface area contributed by atoms with E-state index in [0.29, 0.717) is 92.7 Å². The first kappa shape index (κ1) is 40.3. The Bertz CT molecular complexity index is 2020. The zero-order valence-electron chi connectivity index (χ0n) is 32.3. The van der Waals surface area contributed by atoms with Crippen molar-refractivity contribution in [2.24, 2.45) is 4.99 Å². The summed E-state index contributed by atoms with van der Waals surface area (Å²) < 4.78 is 29.3. The van der Waals surface area contributed by atoms with Crippen molar-refractivity contribution >= 4 is 57.1 Å². The van der Waals surface area contributed by atoms with Crippen LogP contribution in [-0.2, 0) is 4.74 Å². The number of aliphatic hydroxyl groups is 1. The van der Waals surface area contributed by atoms with Crippen molar-refractivity contribution < 1.29 is 43.2 Å². The molecule has 0 aliphatic carbocycles. The van der Waals surface area contributed by atoms with Crippen LogP contribution >= 0.6 is 21.6 Å². The number of carbonyl (C=O) groups excluding carboxylic acids is 3. The molecular formula is C41H47N5O9S2. The van der Waals surface area contributed by atoms with Crippen LogP contribution in [-0.4, -0.2) is 115 Å². The standard InChI is InChI=1S/C41H47N5O9S2/c1-25-17-27-22-43-30-20-35(33(51-3)18-28(30)38(47)45(27)23-25)53-15-8-5-9-16-54-36-21-32-29(19-34(36)52-4)39(48)44-14-10-11-31(44)40(49)46(32)41(50)55-24-26(2)56-57-37-12-6-7-13-42-37/h6-7,12-13,18-22,26-27,31,40,49H,1,5,8-11,14-17,23-24H2,2-4H3/t26?,27-,31-,40-/m0/s1. The average Bonchev–Trinajstić information content (AvgIpc) is 3.83. The first-order valence-electron chi connectivity index (χ1n) is 19.1. The number of hydrogen-bond donors (Lipinski definition) is 1. The van der Waals surface area contributed by atoms with Crippen LogP contribution in [0.15, 0.2) is 70.8 Å². The molecule has 4 aliphatic rings. The molecule has 14 nitrogen and oxygen atoms in total. The van der Waals surface area contributed by atoms with Crippen LogP contribution < -0.4 is 23.8 Å². The number of ether oxygens (including phenoxy) is 5. The van der Waals surface area contributed by atoms with Crippen LogP contribution in [0.3, 0.4) is 0 Å². The van der Waals surface area contributed by atoms with Gasteiger partial charge in [0.05, 0.1) is 62.0 Å². The second-order valence-corrected chi connectivity index (χ2v) is 16.9. The fourth-order valence-corrected chi connectivity index (χ4v) is 9.26. The van der Waals surface area contributed by atoms with Crippen LogP contribution in [0.1, 0.15) is 66.2 Å². The second-order valence-electron chi connectivity index (χ2n) is 14.3. The van der Waals surface area contributed by atoms with Crippen LogP contribution in [0.2, 0.25) is 0 Å². The first-order valence-corrected chi connectivity index (χ1v) is 21.3. The molecule has 7 rings (SSSR count). The lowest BCUT2D eigenvalue weighted by Crippen LogP contribution is -2.51. The van der Waals surface area contributed by atoms with E-state index in [4.69, 9.17) is 23.7 Å². The van der Waals surface area contributed by atoms with Crippen molar-refractivity contribution in [3.8, 4) is 23.0 Å². The number of aromatic nitrogens is 1. The first-order chi connectivity index (χ1) is 27.7. The van der Waals surface area contributed by atoms with Gasteiger partial charge in [-0.25, -0.2) is 14.7 Å². The SMILES string of the molecule is C=C1C[C@H]2C=Nc3cc(OCCCCCOc4cc5c(cc4OC)C(=O)N4CCC[C@H]4[C@H](O)N5C(=O)OCC(C)SSc4ccccn4)c(OC)cc3C(=O)N2C1. The molecule has 3 aromatic rings. The third kappa shape index (κ3) is 8.82. The van der Waals surface area contributed by atoms with E-state index in [1.807, 2.05) is 25.1 Å². The van der Waals surface area contributed by atoms with Gasteiger partial charge in [0.25, 0.3) is 11.8 Å². The van der Waals surface area contributed by atoms with E-state index in [1.165, 1.54) is 33.6 Å². The highest BCUT2D eigenvalue weighted by atomic mass is 33.1. The lowest BCUT2D eigenvalue weighted by molar-refractivity contribution is 0.0491. The van der Waals surface area contributed by atoms with Gasteiger partial charge < -0.3 is 38.6 Å². The smallest absolute Gasteiger partial charge is 0.416 e. The molecular weight excluding hydrogens is 771 g/mol. The number of nitrogens with zero attached hydrogens (tertiary/aromatic N) is 5. The van der Waals surface area contributed by atoms with E-state index in [9.17, 15) is 19.5 Å². The van der Waals surface area contributed by atoms with Crippen LogP contribution in [0.4, 0.5) is 16.2 Å². The largest absolute Gasteiger partial charge is 0.493 e. The molecule has 57 heavy (non-hydrogen) atoms. The zero-order chi connectivity index (χ0) is 40.1. The Morgan fingerprint density at radius 2 is 1.68 bits per heavy atom. The molecule has 2 fully saturated rings. The molecule has 3 amide bonds. The molecule has 0 bridgehead atoms. The predicted octanol–water partition coefficient (Wildman–Crippen LogP) is 6.92. The Morgan fingerprint density at radius 3 is 2.40 bits per heavy atom. The molecule has 0 saturated carbocycles. The Morgan fingerprint density at radius 1 is 0.965 bits per heavy atom. The highest BCUT2D eigenvalue weighted by molar-refractivity contribution is 8.76. The van der Waals surface area contributed by atoms with E-state index in [1.54, 1.807) is 53.6 Å². The number of unbranched alkanes of at least 4 members (excludes halogenated alkanes) is 2. The molecule has 4 aliphatic heterocycles. The molecule has 0 spiro atoms. The summed E-state index contributed by atoms with van der Waals surface area (Å²) >= 11 is 0. The molecule has 1 unspecified atom stereocenters. The molecule has 5 heterocycles. The summed E-state index contributed by atoms with van der Waals surface area (Å²) in [7, 11) is 6.04. The Hall–Kier alpha value is -4.93. The molecule has 16 heteroatoms. The Labute approximate surface area is 339 Å². The molecule has 4 atom stereocenters. The van der Waals surface area contributed by atoms with E-state index in [-0.39, 0.29) is 41.0 Å². The maximum absolute atomic E-state index is 13.8. The number of pyridine rings is 1. The predicted molar refractivity (Wildman–Crippen MR) is 219 cm³/mol. The van der Waals surface area contributed by atoms with Crippen molar-refractivity contribution in [3.63, 3.8) is 0 Å². The summed E-state index contributed by atoms with van der Waals surface area (Å²) in [5, 5.41) is 12.4. The summed E-state index contributed by atoms with van der Waals surface area (Å²) in [6.45, 7) is 7.76. The molecule has 2 aromatic carbocycles. The number of fused-ring (bicyclic) bond motifs is 4. The van der Waals surface area contributed by atoms with Gasteiger partial charge in [-0.3, -0.25) is 14.6 Å². The van der Waals surface area contributed by atoms with E-state index in [2.05, 4.69) is 16.6 Å².